The van der Waals surface area contributed by atoms with Crippen LogP contribution in [-0.2, 0) is 11.3 Å². The van der Waals surface area contributed by atoms with Gasteiger partial charge in [-0.15, -0.1) is 0 Å². The number of hydrogen-bond acceptors (Lipinski definition) is 3. The van der Waals surface area contributed by atoms with Gasteiger partial charge in [0.15, 0.2) is 0 Å². The Balaban J connectivity index is 1.50. The molecule has 1 saturated heterocycles. The summed E-state index contributed by atoms with van der Waals surface area (Å²) < 4.78 is 0. The highest BCUT2D eigenvalue weighted by Crippen LogP contribution is 2.23. The van der Waals surface area contributed by atoms with Crippen molar-refractivity contribution in [3.05, 3.63) is 59.4 Å². The topological polar surface area (TPSA) is 45.2 Å². The summed E-state index contributed by atoms with van der Waals surface area (Å²) >= 11 is 6.22. The van der Waals surface area contributed by atoms with E-state index in [1.165, 1.54) is 0 Å². The molecule has 5 heteroatoms. The quantitative estimate of drug-likeness (QED) is 0.932. The number of benzene rings is 1. The van der Waals surface area contributed by atoms with Gasteiger partial charge in [0, 0.05) is 23.7 Å². The molecule has 0 radical (unpaired) electrons. The molecule has 0 aliphatic carbocycles. The minimum absolute atomic E-state index is 0.0673. The minimum atomic E-state index is 0.0673. The number of halogens is 1. The van der Waals surface area contributed by atoms with Gasteiger partial charge < -0.3 is 5.32 Å². The zero-order chi connectivity index (χ0) is 16.1. The number of hydrogen-bond donors (Lipinski definition) is 1. The predicted molar refractivity (Wildman–Crippen MR) is 92.3 cm³/mol. The monoisotopic (exact) mass is 329 g/mol. The van der Waals surface area contributed by atoms with Gasteiger partial charge in [-0.05, 0) is 49.7 Å². The number of piperidine rings is 1. The summed E-state index contributed by atoms with van der Waals surface area (Å²) in [5.41, 5.74) is 1.91. The van der Waals surface area contributed by atoms with Gasteiger partial charge in [0.2, 0.25) is 5.91 Å². The van der Waals surface area contributed by atoms with E-state index in [0.717, 1.165) is 48.7 Å². The summed E-state index contributed by atoms with van der Waals surface area (Å²) in [6.45, 7) is 2.67. The van der Waals surface area contributed by atoms with Gasteiger partial charge in [-0.25, -0.2) is 0 Å². The van der Waals surface area contributed by atoms with Gasteiger partial charge in [0.25, 0.3) is 0 Å². The minimum Gasteiger partial charge on any atom is -0.324 e. The van der Waals surface area contributed by atoms with E-state index in [1.807, 2.05) is 30.3 Å². The summed E-state index contributed by atoms with van der Waals surface area (Å²) in [7, 11) is 0. The van der Waals surface area contributed by atoms with Crippen LogP contribution in [0.25, 0.3) is 0 Å². The summed E-state index contributed by atoms with van der Waals surface area (Å²) in [5.74, 6) is 0.160. The van der Waals surface area contributed by atoms with Crippen molar-refractivity contribution < 1.29 is 4.79 Å². The average Bonchev–Trinajstić information content (AvgIpc) is 2.58. The SMILES string of the molecule is O=C(Nc1cccnc1)C1CCN(Cc2ccccc2Cl)CC1. The molecule has 0 atom stereocenters. The molecule has 1 aliphatic rings. The number of carbonyl (C=O) groups is 1. The Hall–Kier alpha value is -1.91. The first-order valence-corrected chi connectivity index (χ1v) is 8.27. The Bertz CT molecular complexity index is 654. The third-order valence-corrected chi connectivity index (χ3v) is 4.61. The zero-order valence-corrected chi connectivity index (χ0v) is 13.7. The van der Waals surface area contributed by atoms with Crippen molar-refractivity contribution in [2.75, 3.05) is 18.4 Å². The molecule has 0 bridgehead atoms. The molecule has 1 aromatic heterocycles. The van der Waals surface area contributed by atoms with Crippen LogP contribution in [0.3, 0.4) is 0 Å². The number of anilines is 1. The fourth-order valence-electron chi connectivity index (χ4n) is 2.90. The number of amides is 1. The first-order chi connectivity index (χ1) is 11.2. The van der Waals surface area contributed by atoms with Gasteiger partial charge in [-0.2, -0.15) is 0 Å². The third kappa shape index (κ3) is 4.30. The molecule has 0 unspecified atom stereocenters. The van der Waals surface area contributed by atoms with Crippen molar-refractivity contribution in [2.24, 2.45) is 5.92 Å². The van der Waals surface area contributed by atoms with E-state index in [9.17, 15) is 4.79 Å². The second kappa shape index (κ2) is 7.57. The van der Waals surface area contributed by atoms with Crippen LogP contribution in [-0.4, -0.2) is 28.9 Å². The van der Waals surface area contributed by atoms with Crippen LogP contribution >= 0.6 is 11.6 Å². The first kappa shape index (κ1) is 16.0. The number of nitrogens with zero attached hydrogens (tertiary/aromatic N) is 2. The van der Waals surface area contributed by atoms with E-state index in [4.69, 9.17) is 11.6 Å². The van der Waals surface area contributed by atoms with Crippen LogP contribution < -0.4 is 5.32 Å². The standard InChI is InChI=1S/C18H20ClN3O/c19-17-6-2-1-4-15(17)13-22-10-7-14(8-11-22)18(23)21-16-5-3-9-20-12-16/h1-6,9,12,14H,7-8,10-11,13H2,(H,21,23). The van der Waals surface area contributed by atoms with Crippen molar-refractivity contribution in [3.8, 4) is 0 Å². The second-order valence-electron chi connectivity index (χ2n) is 5.87. The molecule has 1 amide bonds. The van der Waals surface area contributed by atoms with Crippen molar-refractivity contribution in [3.63, 3.8) is 0 Å². The normalized spacial score (nSPS) is 16.2. The fourth-order valence-corrected chi connectivity index (χ4v) is 3.10. The summed E-state index contributed by atoms with van der Waals surface area (Å²) in [4.78, 5) is 18.7. The van der Waals surface area contributed by atoms with E-state index in [2.05, 4.69) is 21.3 Å². The van der Waals surface area contributed by atoms with Gasteiger partial charge in [-0.3, -0.25) is 14.7 Å². The lowest BCUT2D eigenvalue weighted by molar-refractivity contribution is -0.121. The van der Waals surface area contributed by atoms with Crippen molar-refractivity contribution in [1.29, 1.82) is 0 Å². The predicted octanol–water partition coefficient (Wildman–Crippen LogP) is 3.59. The lowest BCUT2D eigenvalue weighted by Gasteiger charge is -2.31. The molecular weight excluding hydrogens is 310 g/mol. The van der Waals surface area contributed by atoms with Crippen molar-refractivity contribution in [2.45, 2.75) is 19.4 Å². The van der Waals surface area contributed by atoms with Crippen LogP contribution in [0, 0.1) is 5.92 Å². The van der Waals surface area contributed by atoms with E-state index in [0.29, 0.717) is 0 Å². The number of pyridine rings is 1. The molecule has 120 valence electrons. The molecular formula is C18H20ClN3O. The van der Waals surface area contributed by atoms with Gasteiger partial charge in [-0.1, -0.05) is 29.8 Å². The van der Waals surface area contributed by atoms with Crippen molar-refractivity contribution >= 4 is 23.2 Å². The lowest BCUT2D eigenvalue weighted by atomic mass is 9.95. The highest BCUT2D eigenvalue weighted by Gasteiger charge is 2.25. The van der Waals surface area contributed by atoms with Gasteiger partial charge in [0.05, 0.1) is 11.9 Å². The third-order valence-electron chi connectivity index (χ3n) is 4.24. The van der Waals surface area contributed by atoms with Crippen LogP contribution in [0.2, 0.25) is 5.02 Å². The summed E-state index contributed by atoms with van der Waals surface area (Å²) in [6.07, 6.45) is 5.11. The highest BCUT2D eigenvalue weighted by molar-refractivity contribution is 6.31. The molecule has 0 spiro atoms. The summed E-state index contributed by atoms with van der Waals surface area (Å²) in [5, 5.41) is 3.75. The molecule has 3 rings (SSSR count). The number of carbonyl (C=O) groups excluding carboxylic acids is 1. The molecule has 1 fully saturated rings. The van der Waals surface area contributed by atoms with Gasteiger partial charge in [0.1, 0.15) is 0 Å². The summed E-state index contributed by atoms with van der Waals surface area (Å²) in [6, 6.07) is 11.6. The average molecular weight is 330 g/mol. The number of aromatic nitrogens is 1. The van der Waals surface area contributed by atoms with E-state index in [-0.39, 0.29) is 11.8 Å². The molecule has 1 N–H and O–H groups in total. The van der Waals surface area contributed by atoms with Crippen molar-refractivity contribution in [1.82, 2.24) is 9.88 Å². The molecule has 0 saturated carbocycles. The van der Waals surface area contributed by atoms with Crippen LogP contribution in [0.4, 0.5) is 5.69 Å². The van der Waals surface area contributed by atoms with E-state index >= 15 is 0 Å². The van der Waals surface area contributed by atoms with E-state index < -0.39 is 0 Å². The Morgan fingerprint density at radius 3 is 2.70 bits per heavy atom. The number of rotatable bonds is 4. The Morgan fingerprint density at radius 2 is 2.00 bits per heavy atom. The molecule has 1 aliphatic heterocycles. The van der Waals surface area contributed by atoms with E-state index in [1.54, 1.807) is 12.4 Å². The van der Waals surface area contributed by atoms with Crippen LogP contribution in [0.5, 0.6) is 0 Å². The van der Waals surface area contributed by atoms with Gasteiger partial charge >= 0.3 is 0 Å². The maximum Gasteiger partial charge on any atom is 0.227 e. The number of likely N-dealkylation sites (tertiary alicyclic amines) is 1. The second-order valence-corrected chi connectivity index (χ2v) is 6.28. The molecule has 2 aromatic rings. The highest BCUT2D eigenvalue weighted by atomic mass is 35.5. The fraction of sp³-hybridized carbons (Fsp3) is 0.333. The molecule has 4 nitrogen and oxygen atoms in total. The number of nitrogens with one attached hydrogen (secondary N) is 1. The lowest BCUT2D eigenvalue weighted by Crippen LogP contribution is -2.37. The first-order valence-electron chi connectivity index (χ1n) is 7.89. The maximum atomic E-state index is 12.3. The van der Waals surface area contributed by atoms with Crippen LogP contribution in [0.1, 0.15) is 18.4 Å². The smallest absolute Gasteiger partial charge is 0.227 e. The largest absolute Gasteiger partial charge is 0.324 e. The Morgan fingerprint density at radius 1 is 1.22 bits per heavy atom. The Labute approximate surface area is 141 Å². The van der Waals surface area contributed by atoms with Crippen LogP contribution in [0.15, 0.2) is 48.8 Å². The maximum absolute atomic E-state index is 12.3. The molecule has 23 heavy (non-hydrogen) atoms. The molecule has 2 heterocycles. The Kier molecular flexibility index (Phi) is 5.26. The molecule has 1 aromatic carbocycles. The zero-order valence-electron chi connectivity index (χ0n) is 12.9.